The summed E-state index contributed by atoms with van der Waals surface area (Å²) in [5, 5.41) is 8.02. The maximum absolute atomic E-state index is 7.49. The van der Waals surface area contributed by atoms with E-state index >= 15 is 0 Å². The van der Waals surface area contributed by atoms with E-state index in [0.29, 0.717) is 17.0 Å². The Bertz CT molecular complexity index is 410. The number of nitrogens with one attached hydrogen (secondary N) is 1. The number of nitrogens with two attached hydrogens (primary N) is 1. The third-order valence-corrected chi connectivity index (χ3v) is 4.43. The predicted octanol–water partition coefficient (Wildman–Crippen LogP) is 1.78. The molecule has 2 heterocycles. The Morgan fingerprint density at radius 3 is 3.18 bits per heavy atom. The molecular formula is C12H17N3OS. The fraction of sp³-hybridized carbons (Fsp3) is 0.500. The highest BCUT2D eigenvalue weighted by molar-refractivity contribution is 7.99. The number of rotatable bonds is 4. The summed E-state index contributed by atoms with van der Waals surface area (Å²) >= 11 is 1.86. The van der Waals surface area contributed by atoms with Crippen molar-refractivity contribution in [1.82, 2.24) is 4.98 Å². The zero-order valence-electron chi connectivity index (χ0n) is 9.85. The number of nitrogen functional groups attached to an aromatic ring is 1. The van der Waals surface area contributed by atoms with Crippen molar-refractivity contribution in [3.63, 3.8) is 0 Å². The molecule has 2 rings (SSSR count). The first-order chi connectivity index (χ1) is 8.18. The lowest BCUT2D eigenvalue weighted by Crippen LogP contribution is -2.17. The molecule has 1 fully saturated rings. The highest BCUT2D eigenvalue weighted by atomic mass is 32.2. The van der Waals surface area contributed by atoms with Crippen LogP contribution in [-0.2, 0) is 10.5 Å². The first kappa shape index (κ1) is 12.4. The molecule has 17 heavy (non-hydrogen) atoms. The van der Waals surface area contributed by atoms with Crippen molar-refractivity contribution in [3.05, 3.63) is 29.6 Å². The second-order valence-electron chi connectivity index (χ2n) is 4.14. The van der Waals surface area contributed by atoms with Crippen LogP contribution in [0, 0.1) is 5.41 Å². The van der Waals surface area contributed by atoms with Crippen LogP contribution in [0.4, 0.5) is 0 Å². The molecule has 0 spiro atoms. The zero-order valence-corrected chi connectivity index (χ0v) is 10.7. The van der Waals surface area contributed by atoms with E-state index in [4.69, 9.17) is 15.9 Å². The van der Waals surface area contributed by atoms with Crippen molar-refractivity contribution in [2.45, 2.75) is 30.5 Å². The lowest BCUT2D eigenvalue weighted by molar-refractivity contribution is 0.127. The normalized spacial score (nSPS) is 23.8. The number of pyridine rings is 1. The van der Waals surface area contributed by atoms with Crippen molar-refractivity contribution in [1.29, 1.82) is 5.41 Å². The van der Waals surface area contributed by atoms with Gasteiger partial charge in [-0.25, -0.2) is 0 Å². The molecule has 1 saturated heterocycles. The molecule has 1 aliphatic heterocycles. The van der Waals surface area contributed by atoms with Crippen LogP contribution >= 0.6 is 11.8 Å². The monoisotopic (exact) mass is 251 g/mol. The summed E-state index contributed by atoms with van der Waals surface area (Å²) in [7, 11) is 0. The van der Waals surface area contributed by atoms with Gasteiger partial charge < -0.3 is 10.5 Å². The van der Waals surface area contributed by atoms with Crippen LogP contribution in [0.3, 0.4) is 0 Å². The molecule has 1 aromatic heterocycles. The number of hydrogen-bond donors (Lipinski definition) is 2. The van der Waals surface area contributed by atoms with Crippen LogP contribution < -0.4 is 5.73 Å². The first-order valence-corrected chi connectivity index (χ1v) is 6.75. The van der Waals surface area contributed by atoms with E-state index < -0.39 is 0 Å². The van der Waals surface area contributed by atoms with E-state index in [2.05, 4.69) is 11.9 Å². The second kappa shape index (κ2) is 5.51. The standard InChI is InChI=1S/C12H17N3OS/c1-8-10(4-6-16-8)17-7-9-3-2-5-15-11(9)12(13)14/h2-3,5,8,10H,4,6-7H2,1H3,(H3,13,14). The van der Waals surface area contributed by atoms with Gasteiger partial charge in [0.1, 0.15) is 11.5 Å². The number of thioether (sulfide) groups is 1. The molecule has 0 amide bonds. The van der Waals surface area contributed by atoms with Crippen molar-refractivity contribution in [2.24, 2.45) is 5.73 Å². The Labute approximate surface area is 105 Å². The molecular weight excluding hydrogens is 234 g/mol. The number of amidine groups is 1. The summed E-state index contributed by atoms with van der Waals surface area (Å²) in [4.78, 5) is 4.15. The van der Waals surface area contributed by atoms with Crippen molar-refractivity contribution in [2.75, 3.05) is 6.61 Å². The van der Waals surface area contributed by atoms with E-state index in [0.717, 1.165) is 24.3 Å². The third kappa shape index (κ3) is 2.98. The van der Waals surface area contributed by atoms with Gasteiger partial charge in [-0.05, 0) is 25.0 Å². The molecule has 1 aromatic rings. The Kier molecular flexibility index (Phi) is 4.02. The summed E-state index contributed by atoms with van der Waals surface area (Å²) in [5.41, 5.74) is 7.15. The second-order valence-corrected chi connectivity index (χ2v) is 5.37. The van der Waals surface area contributed by atoms with Crippen LogP contribution in [0.25, 0.3) is 0 Å². The Hall–Kier alpha value is -1.07. The summed E-state index contributed by atoms with van der Waals surface area (Å²) in [5.74, 6) is 0.873. The van der Waals surface area contributed by atoms with Gasteiger partial charge in [-0.1, -0.05) is 6.07 Å². The van der Waals surface area contributed by atoms with Crippen LogP contribution in [0.15, 0.2) is 18.3 Å². The van der Waals surface area contributed by atoms with Crippen LogP contribution in [0.2, 0.25) is 0 Å². The van der Waals surface area contributed by atoms with Crippen LogP contribution in [-0.4, -0.2) is 28.8 Å². The third-order valence-electron chi connectivity index (χ3n) is 2.91. The lowest BCUT2D eigenvalue weighted by atomic mass is 10.2. The molecule has 0 radical (unpaired) electrons. The highest BCUT2D eigenvalue weighted by Crippen LogP contribution is 2.29. The van der Waals surface area contributed by atoms with Gasteiger partial charge in [0.2, 0.25) is 0 Å². The molecule has 0 saturated carbocycles. The number of ether oxygens (including phenoxy) is 1. The zero-order chi connectivity index (χ0) is 12.3. The molecule has 2 atom stereocenters. The molecule has 0 bridgehead atoms. The minimum absolute atomic E-state index is 0.0388. The van der Waals surface area contributed by atoms with Gasteiger partial charge in [-0.3, -0.25) is 10.4 Å². The largest absolute Gasteiger partial charge is 0.382 e. The molecule has 2 unspecified atom stereocenters. The van der Waals surface area contributed by atoms with Gasteiger partial charge in [0.05, 0.1) is 6.10 Å². The van der Waals surface area contributed by atoms with E-state index in [1.165, 1.54) is 0 Å². The molecule has 3 N–H and O–H groups in total. The summed E-state index contributed by atoms with van der Waals surface area (Å²) in [6.07, 6.45) is 3.09. The van der Waals surface area contributed by atoms with Crippen LogP contribution in [0.5, 0.6) is 0 Å². The molecule has 1 aliphatic rings. The Morgan fingerprint density at radius 2 is 2.53 bits per heavy atom. The fourth-order valence-corrected chi connectivity index (χ4v) is 3.16. The van der Waals surface area contributed by atoms with Gasteiger partial charge in [-0.2, -0.15) is 11.8 Å². The maximum Gasteiger partial charge on any atom is 0.142 e. The average Bonchev–Trinajstić information content (AvgIpc) is 2.72. The number of aromatic nitrogens is 1. The van der Waals surface area contributed by atoms with Gasteiger partial charge in [-0.15, -0.1) is 0 Å². The quantitative estimate of drug-likeness (QED) is 0.632. The molecule has 92 valence electrons. The van der Waals surface area contributed by atoms with E-state index in [-0.39, 0.29) is 5.84 Å². The van der Waals surface area contributed by atoms with Gasteiger partial charge in [0, 0.05) is 23.8 Å². The fourth-order valence-electron chi connectivity index (χ4n) is 1.93. The maximum atomic E-state index is 7.49. The Morgan fingerprint density at radius 1 is 1.71 bits per heavy atom. The van der Waals surface area contributed by atoms with Crippen molar-refractivity contribution < 1.29 is 4.74 Å². The summed E-state index contributed by atoms with van der Waals surface area (Å²) in [6.45, 7) is 2.96. The Balaban J connectivity index is 2.01. The SMILES string of the molecule is CC1OCCC1SCc1cccnc1C(=N)N. The van der Waals surface area contributed by atoms with Gasteiger partial charge >= 0.3 is 0 Å². The van der Waals surface area contributed by atoms with Crippen molar-refractivity contribution >= 4 is 17.6 Å². The number of hydrogen-bond acceptors (Lipinski definition) is 4. The summed E-state index contributed by atoms with van der Waals surface area (Å²) in [6, 6.07) is 3.87. The summed E-state index contributed by atoms with van der Waals surface area (Å²) < 4.78 is 5.53. The first-order valence-electron chi connectivity index (χ1n) is 5.70. The minimum Gasteiger partial charge on any atom is -0.382 e. The molecule has 0 aliphatic carbocycles. The van der Waals surface area contributed by atoms with E-state index in [1.54, 1.807) is 6.20 Å². The topological polar surface area (TPSA) is 72.0 Å². The van der Waals surface area contributed by atoms with Crippen LogP contribution in [0.1, 0.15) is 24.6 Å². The molecule has 0 aromatic carbocycles. The number of nitrogens with zero attached hydrogens (tertiary/aromatic N) is 1. The lowest BCUT2D eigenvalue weighted by Gasteiger charge is -2.14. The highest BCUT2D eigenvalue weighted by Gasteiger charge is 2.24. The predicted molar refractivity (Wildman–Crippen MR) is 70.4 cm³/mol. The molecule has 5 heteroatoms. The van der Waals surface area contributed by atoms with E-state index in [9.17, 15) is 0 Å². The smallest absolute Gasteiger partial charge is 0.142 e. The van der Waals surface area contributed by atoms with E-state index in [1.807, 2.05) is 23.9 Å². The minimum atomic E-state index is 0.0388. The molecule has 4 nitrogen and oxygen atoms in total. The van der Waals surface area contributed by atoms with Gasteiger partial charge in [0.15, 0.2) is 0 Å². The van der Waals surface area contributed by atoms with Crippen molar-refractivity contribution in [3.8, 4) is 0 Å². The van der Waals surface area contributed by atoms with Gasteiger partial charge in [0.25, 0.3) is 0 Å². The average molecular weight is 251 g/mol.